The summed E-state index contributed by atoms with van der Waals surface area (Å²) in [5.41, 5.74) is 6.28. The molecule has 3 aromatic rings. The summed E-state index contributed by atoms with van der Waals surface area (Å²) in [5.74, 6) is 0.564. The summed E-state index contributed by atoms with van der Waals surface area (Å²) in [7, 11) is 1.57. The monoisotopic (exact) mass is 544 g/mol. The lowest BCUT2D eigenvalue weighted by molar-refractivity contribution is 0.158. The summed E-state index contributed by atoms with van der Waals surface area (Å²) in [5, 5.41) is 11.2. The van der Waals surface area contributed by atoms with Gasteiger partial charge in [-0.05, 0) is 49.9 Å². The van der Waals surface area contributed by atoms with Crippen LogP contribution in [0.2, 0.25) is 0 Å². The fourth-order valence-corrected chi connectivity index (χ4v) is 6.31. The predicted molar refractivity (Wildman–Crippen MR) is 152 cm³/mol. The molecule has 2 N–H and O–H groups in total. The molecular weight excluding hydrogens is 507 g/mol. The first-order valence-corrected chi connectivity index (χ1v) is 14.3. The first-order chi connectivity index (χ1) is 19.6. The van der Waals surface area contributed by atoms with Crippen molar-refractivity contribution in [3.63, 3.8) is 0 Å². The van der Waals surface area contributed by atoms with Gasteiger partial charge in [-0.25, -0.2) is 9.18 Å². The Kier molecular flexibility index (Phi) is 7.82. The van der Waals surface area contributed by atoms with E-state index < -0.39 is 0 Å². The fraction of sp³-hybridized carbons (Fsp3) is 0.452. The molecule has 210 valence electrons. The van der Waals surface area contributed by atoms with Gasteiger partial charge >= 0.3 is 6.03 Å². The Morgan fingerprint density at radius 2 is 2.00 bits per heavy atom. The summed E-state index contributed by atoms with van der Waals surface area (Å²) in [6, 6.07) is 15.3. The van der Waals surface area contributed by atoms with Gasteiger partial charge in [0.05, 0.1) is 19.3 Å². The molecule has 2 atom stereocenters. The van der Waals surface area contributed by atoms with E-state index in [-0.39, 0.29) is 23.8 Å². The molecule has 4 heterocycles. The third kappa shape index (κ3) is 5.61. The van der Waals surface area contributed by atoms with Gasteiger partial charge in [0.2, 0.25) is 0 Å². The maximum atomic E-state index is 14.5. The number of nitrogens with one attached hydrogen (secondary N) is 2. The van der Waals surface area contributed by atoms with Gasteiger partial charge in [-0.1, -0.05) is 36.4 Å². The molecule has 0 saturated carbocycles. The average Bonchev–Trinajstić information content (AvgIpc) is 3.42. The van der Waals surface area contributed by atoms with Crippen LogP contribution in [0.5, 0.6) is 5.75 Å². The maximum absolute atomic E-state index is 14.5. The number of ether oxygens (including phenoxy) is 1. The molecule has 9 heteroatoms. The average molecular weight is 545 g/mol. The Hall–Kier alpha value is -3.72. The number of aliphatic imine (C=N–C) groups is 1. The van der Waals surface area contributed by atoms with Crippen LogP contribution < -0.4 is 10.1 Å². The minimum absolute atomic E-state index is 0.0216. The largest absolute Gasteiger partial charge is 0.496 e. The van der Waals surface area contributed by atoms with Crippen molar-refractivity contribution in [3.8, 4) is 5.75 Å². The highest BCUT2D eigenvalue weighted by Gasteiger charge is 2.31. The fourth-order valence-electron chi connectivity index (χ4n) is 6.31. The Labute approximate surface area is 234 Å². The van der Waals surface area contributed by atoms with Crippen LogP contribution in [0.1, 0.15) is 59.7 Å². The van der Waals surface area contributed by atoms with E-state index in [0.29, 0.717) is 37.5 Å². The number of amides is 2. The van der Waals surface area contributed by atoms with E-state index in [1.165, 1.54) is 11.6 Å². The third-order valence-electron chi connectivity index (χ3n) is 8.49. The Morgan fingerprint density at radius 1 is 1.12 bits per heavy atom. The molecule has 3 aliphatic rings. The summed E-state index contributed by atoms with van der Waals surface area (Å²) in [6.07, 6.45) is 4.56. The zero-order chi connectivity index (χ0) is 27.5. The van der Waals surface area contributed by atoms with Gasteiger partial charge in [-0.15, -0.1) is 0 Å². The zero-order valence-electron chi connectivity index (χ0n) is 23.0. The number of rotatable bonds is 6. The Morgan fingerprint density at radius 3 is 2.80 bits per heavy atom. The summed E-state index contributed by atoms with van der Waals surface area (Å²) in [6.45, 7) is 3.95. The molecule has 3 aliphatic heterocycles. The van der Waals surface area contributed by atoms with Crippen molar-refractivity contribution >= 4 is 11.7 Å². The lowest BCUT2D eigenvalue weighted by Crippen LogP contribution is -2.52. The van der Waals surface area contributed by atoms with E-state index in [1.807, 2.05) is 11.0 Å². The molecule has 1 fully saturated rings. The van der Waals surface area contributed by atoms with Crippen molar-refractivity contribution in [2.75, 3.05) is 33.3 Å². The topological polar surface area (TPSA) is 85.9 Å². The first kappa shape index (κ1) is 26.5. The van der Waals surface area contributed by atoms with Gasteiger partial charge in [0, 0.05) is 67.1 Å². The predicted octanol–water partition coefficient (Wildman–Crippen LogP) is 4.66. The van der Waals surface area contributed by atoms with Crippen molar-refractivity contribution in [2.45, 2.75) is 57.2 Å². The summed E-state index contributed by atoms with van der Waals surface area (Å²) >= 11 is 0. The number of carbonyl (C=O) groups is 1. The molecule has 6 rings (SSSR count). The first-order valence-electron chi connectivity index (χ1n) is 14.3. The smallest absolute Gasteiger partial charge is 0.317 e. The summed E-state index contributed by atoms with van der Waals surface area (Å²) in [4.78, 5) is 22.4. The number of piperidine rings is 1. The molecule has 0 bridgehead atoms. The van der Waals surface area contributed by atoms with Gasteiger partial charge in [0.15, 0.2) is 0 Å². The molecule has 2 amide bonds. The number of hydrogen-bond donors (Lipinski definition) is 2. The summed E-state index contributed by atoms with van der Waals surface area (Å²) < 4.78 is 19.9. The highest BCUT2D eigenvalue weighted by molar-refractivity contribution is 6.01. The third-order valence-corrected chi connectivity index (χ3v) is 8.49. The molecule has 1 aromatic heterocycles. The van der Waals surface area contributed by atoms with Gasteiger partial charge in [0.25, 0.3) is 0 Å². The normalized spacial score (nSPS) is 21.4. The van der Waals surface area contributed by atoms with E-state index >= 15 is 0 Å². The van der Waals surface area contributed by atoms with Crippen LogP contribution in [0, 0.1) is 5.82 Å². The number of carbonyl (C=O) groups excluding carboxylic acids is 1. The quantitative estimate of drug-likeness (QED) is 0.473. The number of methoxy groups -OCH3 is 1. The van der Waals surface area contributed by atoms with Gasteiger partial charge in [-0.2, -0.15) is 5.10 Å². The SMILES string of the molecule is COc1cccc(F)c1CN1CCCC(NC(=O)N2CCc3[nH]nc(C4CCC(c5ccccc5)=NC4)c3C2)C1. The Bertz CT molecular complexity index is 1370. The maximum Gasteiger partial charge on any atom is 0.317 e. The number of halogens is 1. The Balaban J connectivity index is 1.07. The molecule has 1 saturated heterocycles. The van der Waals surface area contributed by atoms with Crippen molar-refractivity contribution in [2.24, 2.45) is 4.99 Å². The van der Waals surface area contributed by atoms with E-state index in [4.69, 9.17) is 14.8 Å². The molecule has 0 spiro atoms. The number of benzene rings is 2. The van der Waals surface area contributed by atoms with Crippen LogP contribution in [0.15, 0.2) is 53.5 Å². The second-order valence-electron chi connectivity index (χ2n) is 11.1. The number of H-pyrrole nitrogens is 1. The van der Waals surface area contributed by atoms with Crippen molar-refractivity contribution in [1.29, 1.82) is 0 Å². The molecule has 8 nitrogen and oxygen atoms in total. The lowest BCUT2D eigenvalue weighted by atomic mass is 9.89. The molecular formula is C31H37FN6O2. The van der Waals surface area contributed by atoms with E-state index in [9.17, 15) is 9.18 Å². The second-order valence-corrected chi connectivity index (χ2v) is 11.1. The molecule has 0 aliphatic carbocycles. The number of aromatic amines is 1. The van der Waals surface area contributed by atoms with Crippen molar-refractivity contribution in [1.82, 2.24) is 25.3 Å². The van der Waals surface area contributed by atoms with Crippen LogP contribution >= 0.6 is 0 Å². The molecule has 2 unspecified atom stereocenters. The van der Waals surface area contributed by atoms with Crippen LogP contribution in [0.3, 0.4) is 0 Å². The van der Waals surface area contributed by atoms with E-state index in [1.54, 1.807) is 19.2 Å². The highest BCUT2D eigenvalue weighted by Crippen LogP contribution is 2.32. The number of fused-ring (bicyclic) bond motifs is 1. The van der Waals surface area contributed by atoms with E-state index in [0.717, 1.165) is 67.9 Å². The molecule has 0 radical (unpaired) electrons. The molecule has 2 aromatic carbocycles. The van der Waals surface area contributed by atoms with Crippen LogP contribution in [-0.4, -0.2) is 71.1 Å². The highest BCUT2D eigenvalue weighted by atomic mass is 19.1. The lowest BCUT2D eigenvalue weighted by Gasteiger charge is -2.35. The minimum atomic E-state index is -0.259. The van der Waals surface area contributed by atoms with Crippen LogP contribution in [-0.2, 0) is 19.5 Å². The van der Waals surface area contributed by atoms with Gasteiger partial charge in [0.1, 0.15) is 11.6 Å². The second kappa shape index (κ2) is 11.8. The van der Waals surface area contributed by atoms with Gasteiger partial charge in [-0.3, -0.25) is 15.0 Å². The minimum Gasteiger partial charge on any atom is -0.496 e. The van der Waals surface area contributed by atoms with Gasteiger partial charge < -0.3 is 15.0 Å². The standard InChI is InChI=1S/C31H37FN6O2/c1-40-29-11-5-10-26(32)24(29)19-37-15-6-9-23(18-37)34-31(39)38-16-14-28-25(20-38)30(36-35-28)22-12-13-27(33-17-22)21-7-3-2-4-8-21/h2-5,7-8,10-11,22-23H,6,9,12-20H2,1H3,(H,34,39)(H,35,36). The van der Waals surface area contributed by atoms with E-state index in [2.05, 4.69) is 39.6 Å². The van der Waals surface area contributed by atoms with Crippen molar-refractivity contribution < 1.29 is 13.9 Å². The van der Waals surface area contributed by atoms with Crippen LogP contribution in [0.25, 0.3) is 0 Å². The van der Waals surface area contributed by atoms with Crippen molar-refractivity contribution in [3.05, 3.63) is 82.4 Å². The zero-order valence-corrected chi connectivity index (χ0v) is 23.0. The number of hydrogen-bond acceptors (Lipinski definition) is 5. The molecule has 40 heavy (non-hydrogen) atoms. The van der Waals surface area contributed by atoms with Crippen LogP contribution in [0.4, 0.5) is 9.18 Å². The number of aromatic nitrogens is 2. The number of urea groups is 1. The number of likely N-dealkylation sites (tertiary alicyclic amines) is 1. The number of nitrogens with zero attached hydrogens (tertiary/aromatic N) is 4.